The number of aromatic nitrogens is 2. The third-order valence-electron chi connectivity index (χ3n) is 2.88. The minimum absolute atomic E-state index is 0.162. The molecule has 5 heteroatoms. The highest BCUT2D eigenvalue weighted by atomic mass is 16.5. The van der Waals surface area contributed by atoms with Crippen LogP contribution in [0.5, 0.6) is 5.75 Å². The topological polar surface area (TPSA) is 53.4 Å². The summed E-state index contributed by atoms with van der Waals surface area (Å²) in [4.78, 5) is 16.7. The first kappa shape index (κ1) is 11.9. The van der Waals surface area contributed by atoms with E-state index in [9.17, 15) is 4.79 Å². The van der Waals surface area contributed by atoms with Crippen LogP contribution in [0.2, 0.25) is 0 Å². The van der Waals surface area contributed by atoms with Gasteiger partial charge in [-0.3, -0.25) is 9.36 Å². The summed E-state index contributed by atoms with van der Waals surface area (Å²) in [6, 6.07) is -0.179. The molecule has 1 unspecified atom stereocenters. The summed E-state index contributed by atoms with van der Waals surface area (Å²) in [7, 11) is 1.48. The molecule has 2 rings (SSSR count). The van der Waals surface area contributed by atoms with E-state index in [0.29, 0.717) is 31.1 Å². The van der Waals surface area contributed by atoms with Crippen molar-refractivity contribution in [3.8, 4) is 5.75 Å². The van der Waals surface area contributed by atoms with Crippen molar-refractivity contribution >= 4 is 0 Å². The van der Waals surface area contributed by atoms with Crippen LogP contribution in [0.15, 0.2) is 17.4 Å². The molecule has 5 nitrogen and oxygen atoms in total. The zero-order valence-electron chi connectivity index (χ0n) is 10.1. The van der Waals surface area contributed by atoms with Crippen LogP contribution >= 0.6 is 0 Å². The van der Waals surface area contributed by atoms with Gasteiger partial charge in [-0.25, -0.2) is 4.98 Å². The predicted molar refractivity (Wildman–Crippen MR) is 63.5 cm³/mol. The van der Waals surface area contributed by atoms with Crippen LogP contribution in [0.25, 0.3) is 0 Å². The lowest BCUT2D eigenvalue weighted by Gasteiger charge is -2.17. The van der Waals surface area contributed by atoms with Crippen molar-refractivity contribution in [2.75, 3.05) is 20.3 Å². The summed E-state index contributed by atoms with van der Waals surface area (Å²) in [5, 5.41) is 0. The van der Waals surface area contributed by atoms with E-state index in [-0.39, 0.29) is 11.6 Å². The molecule has 1 aliphatic heterocycles. The molecule has 1 aliphatic rings. The third-order valence-corrected chi connectivity index (χ3v) is 2.88. The monoisotopic (exact) mass is 236 g/mol. The van der Waals surface area contributed by atoms with Crippen molar-refractivity contribution in [2.24, 2.45) is 0 Å². The van der Waals surface area contributed by atoms with Crippen molar-refractivity contribution in [3.63, 3.8) is 0 Å². The van der Waals surface area contributed by atoms with Crippen molar-refractivity contribution in [1.82, 2.24) is 9.55 Å². The molecule has 0 radical (unpaired) electrons. The number of fused-ring (bicyclic) bond motifs is 1. The van der Waals surface area contributed by atoms with Gasteiger partial charge in [-0.05, 0) is 6.92 Å². The zero-order chi connectivity index (χ0) is 12.4. The molecule has 17 heavy (non-hydrogen) atoms. The normalized spacial score (nSPS) is 19.3. The Kier molecular flexibility index (Phi) is 3.28. The molecule has 1 aromatic heterocycles. The number of rotatable bonds is 2. The van der Waals surface area contributed by atoms with E-state index in [4.69, 9.17) is 9.47 Å². The van der Waals surface area contributed by atoms with Gasteiger partial charge in [-0.1, -0.05) is 6.08 Å². The fourth-order valence-electron chi connectivity index (χ4n) is 2.05. The van der Waals surface area contributed by atoms with Crippen molar-refractivity contribution in [2.45, 2.75) is 19.4 Å². The molecule has 0 saturated heterocycles. The van der Waals surface area contributed by atoms with Gasteiger partial charge >= 0.3 is 0 Å². The van der Waals surface area contributed by atoms with Crippen LogP contribution < -0.4 is 10.3 Å². The van der Waals surface area contributed by atoms with Crippen LogP contribution in [-0.2, 0) is 11.2 Å². The number of hydrogen-bond acceptors (Lipinski definition) is 4. The van der Waals surface area contributed by atoms with E-state index in [2.05, 4.69) is 11.6 Å². The summed E-state index contributed by atoms with van der Waals surface area (Å²) < 4.78 is 12.2. The minimum atomic E-state index is -0.179. The van der Waals surface area contributed by atoms with E-state index >= 15 is 0 Å². The van der Waals surface area contributed by atoms with Crippen LogP contribution in [0.4, 0.5) is 0 Å². The van der Waals surface area contributed by atoms with E-state index < -0.39 is 0 Å². The van der Waals surface area contributed by atoms with E-state index in [1.54, 1.807) is 17.6 Å². The van der Waals surface area contributed by atoms with Crippen LogP contribution in [0, 0.1) is 6.92 Å². The Morgan fingerprint density at radius 3 is 3.06 bits per heavy atom. The fraction of sp³-hybridized carbons (Fsp3) is 0.500. The maximum absolute atomic E-state index is 12.3. The van der Waals surface area contributed by atoms with Gasteiger partial charge in [0.2, 0.25) is 5.75 Å². The lowest BCUT2D eigenvalue weighted by molar-refractivity contribution is 0.129. The highest BCUT2D eigenvalue weighted by molar-refractivity contribution is 5.25. The molecule has 1 atom stereocenters. The van der Waals surface area contributed by atoms with Gasteiger partial charge in [0.25, 0.3) is 5.56 Å². The Morgan fingerprint density at radius 2 is 2.41 bits per heavy atom. The first-order valence-corrected chi connectivity index (χ1v) is 5.55. The maximum atomic E-state index is 12.3. The Labute approximate surface area is 99.7 Å². The minimum Gasteiger partial charge on any atom is -0.490 e. The number of aryl methyl sites for hydroxylation is 1. The third kappa shape index (κ3) is 1.98. The largest absolute Gasteiger partial charge is 0.490 e. The lowest BCUT2D eigenvalue weighted by atomic mass is 10.2. The molecule has 0 bridgehead atoms. The number of methoxy groups -OCH3 is 1. The average molecular weight is 236 g/mol. The van der Waals surface area contributed by atoms with Crippen molar-refractivity contribution < 1.29 is 9.47 Å². The van der Waals surface area contributed by atoms with E-state index in [0.717, 1.165) is 5.82 Å². The maximum Gasteiger partial charge on any atom is 0.296 e. The van der Waals surface area contributed by atoms with Gasteiger partial charge < -0.3 is 9.47 Å². The van der Waals surface area contributed by atoms with Gasteiger partial charge in [0.1, 0.15) is 5.82 Å². The molecule has 92 valence electrons. The SMILES string of the molecule is C=CC1COCCc2nc(C)c(OC)c(=O)n21. The standard InChI is InChI=1S/C12H16N2O3/c1-4-9-7-17-6-5-10-13-8(2)11(16-3)12(15)14(9)10/h4,9H,1,5-7H2,2-3H3. The Bertz CT molecular complexity index is 493. The zero-order valence-corrected chi connectivity index (χ0v) is 10.1. The number of hydrogen-bond donors (Lipinski definition) is 0. The first-order chi connectivity index (χ1) is 8.19. The molecule has 0 fully saturated rings. The number of ether oxygens (including phenoxy) is 2. The average Bonchev–Trinajstić information content (AvgIpc) is 2.51. The van der Waals surface area contributed by atoms with Gasteiger partial charge in [0, 0.05) is 6.42 Å². The fourth-order valence-corrected chi connectivity index (χ4v) is 2.05. The quantitative estimate of drug-likeness (QED) is 0.715. The summed E-state index contributed by atoms with van der Waals surface area (Å²) in [5.74, 6) is 1.03. The molecule has 0 aromatic carbocycles. The van der Waals surface area contributed by atoms with E-state index in [1.165, 1.54) is 7.11 Å². The summed E-state index contributed by atoms with van der Waals surface area (Å²) >= 11 is 0. The lowest BCUT2D eigenvalue weighted by Crippen LogP contribution is -2.30. The molecule has 1 aromatic rings. The Balaban J connectivity index is 2.67. The van der Waals surface area contributed by atoms with Gasteiger partial charge in [-0.2, -0.15) is 0 Å². The molecule has 0 aliphatic carbocycles. The molecular weight excluding hydrogens is 220 g/mol. The van der Waals surface area contributed by atoms with Crippen molar-refractivity contribution in [1.29, 1.82) is 0 Å². The van der Waals surface area contributed by atoms with Crippen molar-refractivity contribution in [3.05, 3.63) is 34.5 Å². The van der Waals surface area contributed by atoms with Gasteiger partial charge in [0.05, 0.1) is 32.1 Å². The van der Waals surface area contributed by atoms with Gasteiger partial charge in [0.15, 0.2) is 0 Å². The second kappa shape index (κ2) is 4.71. The van der Waals surface area contributed by atoms with E-state index in [1.807, 2.05) is 0 Å². The molecule has 0 N–H and O–H groups in total. The summed E-state index contributed by atoms with van der Waals surface area (Å²) in [6.45, 7) is 6.53. The smallest absolute Gasteiger partial charge is 0.296 e. The molecule has 0 saturated carbocycles. The Morgan fingerprint density at radius 1 is 1.65 bits per heavy atom. The number of nitrogens with zero attached hydrogens (tertiary/aromatic N) is 2. The van der Waals surface area contributed by atoms with Crippen LogP contribution in [0.1, 0.15) is 17.6 Å². The molecule has 0 spiro atoms. The molecule has 0 amide bonds. The van der Waals surface area contributed by atoms with Crippen LogP contribution in [0.3, 0.4) is 0 Å². The second-order valence-corrected chi connectivity index (χ2v) is 3.95. The first-order valence-electron chi connectivity index (χ1n) is 5.55. The highest BCUT2D eigenvalue weighted by Crippen LogP contribution is 2.17. The van der Waals surface area contributed by atoms with Crippen LogP contribution in [-0.4, -0.2) is 29.9 Å². The summed E-state index contributed by atoms with van der Waals surface area (Å²) in [6.07, 6.45) is 2.33. The molecule has 2 heterocycles. The second-order valence-electron chi connectivity index (χ2n) is 3.95. The predicted octanol–water partition coefficient (Wildman–Crippen LogP) is 0.860. The molecular formula is C12H16N2O3. The summed E-state index contributed by atoms with van der Waals surface area (Å²) in [5.41, 5.74) is 0.457. The highest BCUT2D eigenvalue weighted by Gasteiger charge is 2.22. The van der Waals surface area contributed by atoms with Gasteiger partial charge in [-0.15, -0.1) is 6.58 Å². The Hall–Kier alpha value is -1.62.